The molecule has 0 spiro atoms. The van der Waals surface area contributed by atoms with Crippen LogP contribution in [0.2, 0.25) is 4.34 Å². The molecule has 0 saturated heterocycles. The maximum absolute atomic E-state index is 5.87. The maximum Gasteiger partial charge on any atom is 0.191 e. The van der Waals surface area contributed by atoms with Crippen LogP contribution in [0.5, 0.6) is 0 Å². The molecule has 0 bridgehead atoms. The lowest BCUT2D eigenvalue weighted by atomic mass is 10.3. The largest absolute Gasteiger partial charge is 0.356 e. The van der Waals surface area contributed by atoms with Crippen LogP contribution < -0.4 is 10.6 Å². The van der Waals surface area contributed by atoms with Gasteiger partial charge >= 0.3 is 0 Å². The number of hydrogen-bond acceptors (Lipinski definition) is 2. The average molecular weight is 258 g/mol. The van der Waals surface area contributed by atoms with Crippen LogP contribution in [0.15, 0.2) is 17.1 Å². The molecule has 0 radical (unpaired) electrons. The first-order chi connectivity index (χ1) is 7.78. The van der Waals surface area contributed by atoms with Gasteiger partial charge in [-0.05, 0) is 31.4 Å². The van der Waals surface area contributed by atoms with E-state index in [1.165, 1.54) is 17.7 Å². The summed E-state index contributed by atoms with van der Waals surface area (Å²) in [6.07, 6.45) is 3.52. The molecule has 2 rings (SSSR count). The van der Waals surface area contributed by atoms with Gasteiger partial charge in [0.05, 0.1) is 4.34 Å². The molecular weight excluding hydrogens is 242 g/mol. The van der Waals surface area contributed by atoms with Crippen LogP contribution in [-0.2, 0) is 6.42 Å². The Labute approximate surface area is 105 Å². The third-order valence-electron chi connectivity index (χ3n) is 2.43. The number of guanidine groups is 1. The molecule has 0 unspecified atom stereocenters. The fourth-order valence-corrected chi connectivity index (χ4v) is 2.49. The Morgan fingerprint density at radius 3 is 2.94 bits per heavy atom. The Morgan fingerprint density at radius 2 is 2.38 bits per heavy atom. The van der Waals surface area contributed by atoms with E-state index in [9.17, 15) is 0 Å². The maximum atomic E-state index is 5.87. The van der Waals surface area contributed by atoms with Gasteiger partial charge in [0.15, 0.2) is 5.96 Å². The topological polar surface area (TPSA) is 36.4 Å². The molecule has 16 heavy (non-hydrogen) atoms. The molecule has 1 heterocycles. The van der Waals surface area contributed by atoms with E-state index in [4.69, 9.17) is 11.6 Å². The van der Waals surface area contributed by atoms with Gasteiger partial charge in [-0.15, -0.1) is 11.3 Å². The number of halogens is 1. The summed E-state index contributed by atoms with van der Waals surface area (Å²) < 4.78 is 0.857. The van der Waals surface area contributed by atoms with Crippen LogP contribution in [0.1, 0.15) is 17.7 Å². The quantitative estimate of drug-likeness (QED) is 0.641. The number of nitrogens with one attached hydrogen (secondary N) is 2. The van der Waals surface area contributed by atoms with Crippen molar-refractivity contribution in [3.8, 4) is 0 Å². The molecule has 5 heteroatoms. The second-order valence-electron chi connectivity index (χ2n) is 3.87. The highest BCUT2D eigenvalue weighted by Crippen LogP contribution is 2.21. The van der Waals surface area contributed by atoms with Crippen molar-refractivity contribution >= 4 is 28.9 Å². The fourth-order valence-electron chi connectivity index (χ4n) is 1.41. The summed E-state index contributed by atoms with van der Waals surface area (Å²) in [6.45, 7) is 0.892. The Morgan fingerprint density at radius 1 is 1.56 bits per heavy atom. The lowest BCUT2D eigenvalue weighted by molar-refractivity contribution is 0.796. The first kappa shape index (κ1) is 11.7. The normalized spacial score (nSPS) is 16.2. The Balaban J connectivity index is 1.69. The molecule has 0 aromatic carbocycles. The third kappa shape index (κ3) is 3.68. The summed E-state index contributed by atoms with van der Waals surface area (Å²) in [7, 11) is 1.81. The molecule has 1 aromatic heterocycles. The highest BCUT2D eigenvalue weighted by atomic mass is 35.5. The molecular formula is C11H16ClN3S. The smallest absolute Gasteiger partial charge is 0.191 e. The van der Waals surface area contributed by atoms with Gasteiger partial charge in [0.2, 0.25) is 0 Å². The molecule has 2 N–H and O–H groups in total. The Hall–Kier alpha value is -0.740. The molecule has 1 aromatic rings. The standard InChI is InChI=1S/C11H16ClN3S/c1-13-11(15-8-2-3-8)14-7-6-9-4-5-10(12)16-9/h4-5,8H,2-3,6-7H2,1H3,(H2,13,14,15). The van der Waals surface area contributed by atoms with E-state index in [-0.39, 0.29) is 0 Å². The second-order valence-corrected chi connectivity index (χ2v) is 5.67. The van der Waals surface area contributed by atoms with E-state index in [0.717, 1.165) is 23.3 Å². The SMILES string of the molecule is CN=C(NCCc1ccc(Cl)s1)NC1CC1. The van der Waals surface area contributed by atoms with Crippen LogP contribution in [-0.4, -0.2) is 25.6 Å². The van der Waals surface area contributed by atoms with Gasteiger partial charge in [-0.1, -0.05) is 11.6 Å². The van der Waals surface area contributed by atoms with E-state index >= 15 is 0 Å². The lowest BCUT2D eigenvalue weighted by Crippen LogP contribution is -2.39. The zero-order valence-corrected chi connectivity index (χ0v) is 10.9. The lowest BCUT2D eigenvalue weighted by Gasteiger charge is -2.10. The molecule has 1 saturated carbocycles. The molecule has 0 aliphatic heterocycles. The summed E-state index contributed by atoms with van der Waals surface area (Å²) in [4.78, 5) is 5.48. The second kappa shape index (κ2) is 5.55. The minimum atomic E-state index is 0.641. The van der Waals surface area contributed by atoms with E-state index in [2.05, 4.69) is 21.7 Å². The summed E-state index contributed by atoms with van der Waals surface area (Å²) in [5.41, 5.74) is 0. The highest BCUT2D eigenvalue weighted by molar-refractivity contribution is 7.16. The fraction of sp³-hybridized carbons (Fsp3) is 0.545. The summed E-state index contributed by atoms with van der Waals surface area (Å²) in [5, 5.41) is 6.65. The van der Waals surface area contributed by atoms with Crippen molar-refractivity contribution in [1.82, 2.24) is 10.6 Å². The van der Waals surface area contributed by atoms with Crippen molar-refractivity contribution in [2.24, 2.45) is 4.99 Å². The first-order valence-corrected chi connectivity index (χ1v) is 6.69. The number of aliphatic imine (C=N–C) groups is 1. The van der Waals surface area contributed by atoms with Crippen LogP contribution in [0.4, 0.5) is 0 Å². The molecule has 3 nitrogen and oxygen atoms in total. The summed E-state index contributed by atoms with van der Waals surface area (Å²) in [5.74, 6) is 0.908. The van der Waals surface area contributed by atoms with E-state index in [1.54, 1.807) is 18.4 Å². The molecule has 88 valence electrons. The first-order valence-electron chi connectivity index (χ1n) is 5.49. The predicted octanol–water partition coefficient (Wildman–Crippen LogP) is 2.27. The minimum absolute atomic E-state index is 0.641. The summed E-state index contributed by atoms with van der Waals surface area (Å²) in [6, 6.07) is 4.66. The van der Waals surface area contributed by atoms with Crippen LogP contribution in [0.3, 0.4) is 0 Å². The van der Waals surface area contributed by atoms with Gasteiger partial charge in [0.1, 0.15) is 0 Å². The highest BCUT2D eigenvalue weighted by Gasteiger charge is 2.21. The number of hydrogen-bond donors (Lipinski definition) is 2. The van der Waals surface area contributed by atoms with Crippen molar-refractivity contribution in [2.45, 2.75) is 25.3 Å². The minimum Gasteiger partial charge on any atom is -0.356 e. The van der Waals surface area contributed by atoms with Crippen LogP contribution in [0, 0.1) is 0 Å². The van der Waals surface area contributed by atoms with Crippen molar-refractivity contribution < 1.29 is 0 Å². The van der Waals surface area contributed by atoms with Crippen LogP contribution in [0.25, 0.3) is 0 Å². The molecule has 0 atom stereocenters. The van der Waals surface area contributed by atoms with Gasteiger partial charge in [-0.2, -0.15) is 0 Å². The average Bonchev–Trinajstić information content (AvgIpc) is 3.00. The molecule has 1 aliphatic rings. The van der Waals surface area contributed by atoms with Gasteiger partial charge < -0.3 is 10.6 Å². The van der Waals surface area contributed by atoms with E-state index < -0.39 is 0 Å². The molecule has 0 amide bonds. The van der Waals surface area contributed by atoms with Gasteiger partial charge in [0.25, 0.3) is 0 Å². The zero-order valence-electron chi connectivity index (χ0n) is 9.29. The zero-order chi connectivity index (χ0) is 11.4. The monoisotopic (exact) mass is 257 g/mol. The van der Waals surface area contributed by atoms with Crippen molar-refractivity contribution in [3.05, 3.63) is 21.3 Å². The number of rotatable bonds is 4. The predicted molar refractivity (Wildman–Crippen MR) is 70.6 cm³/mol. The number of thiophene rings is 1. The van der Waals surface area contributed by atoms with Crippen LogP contribution >= 0.6 is 22.9 Å². The van der Waals surface area contributed by atoms with E-state index in [1.807, 2.05) is 6.07 Å². The molecule has 1 aliphatic carbocycles. The number of nitrogens with zero attached hydrogens (tertiary/aromatic N) is 1. The van der Waals surface area contributed by atoms with E-state index in [0.29, 0.717) is 6.04 Å². The van der Waals surface area contributed by atoms with Crippen molar-refractivity contribution in [3.63, 3.8) is 0 Å². The van der Waals surface area contributed by atoms with Crippen molar-refractivity contribution in [1.29, 1.82) is 0 Å². The summed E-state index contributed by atoms with van der Waals surface area (Å²) >= 11 is 7.51. The van der Waals surface area contributed by atoms with Gasteiger partial charge in [-0.25, -0.2) is 0 Å². The molecule has 1 fully saturated rings. The van der Waals surface area contributed by atoms with Gasteiger partial charge in [-0.3, -0.25) is 4.99 Å². The Bertz CT molecular complexity index is 371. The van der Waals surface area contributed by atoms with Gasteiger partial charge in [0, 0.05) is 24.5 Å². The Kier molecular flexibility index (Phi) is 4.07. The third-order valence-corrected chi connectivity index (χ3v) is 3.73. The van der Waals surface area contributed by atoms with Crippen molar-refractivity contribution in [2.75, 3.05) is 13.6 Å².